The van der Waals surface area contributed by atoms with Crippen LogP contribution < -0.4 is 10.6 Å². The summed E-state index contributed by atoms with van der Waals surface area (Å²) in [6, 6.07) is -0.916. The van der Waals surface area contributed by atoms with Crippen LogP contribution in [0.15, 0.2) is 0 Å². The summed E-state index contributed by atoms with van der Waals surface area (Å²) < 4.78 is 0. The van der Waals surface area contributed by atoms with Crippen molar-refractivity contribution in [3.8, 4) is 0 Å². The molecule has 0 aromatic carbocycles. The zero-order chi connectivity index (χ0) is 13.6. The van der Waals surface area contributed by atoms with E-state index < -0.39 is 23.3 Å². The van der Waals surface area contributed by atoms with E-state index in [0.29, 0.717) is 0 Å². The van der Waals surface area contributed by atoms with Crippen LogP contribution in [-0.4, -0.2) is 35.5 Å². The summed E-state index contributed by atoms with van der Waals surface area (Å²) in [5, 5.41) is 13.5. The first-order valence-electron chi connectivity index (χ1n) is 5.45. The second-order valence-corrected chi connectivity index (χ2v) is 4.88. The highest BCUT2D eigenvalue weighted by atomic mass is 16.4. The molecule has 17 heavy (non-hydrogen) atoms. The first-order valence-corrected chi connectivity index (χ1v) is 5.45. The number of nitrogens with one attached hydrogen (secondary N) is 2. The van der Waals surface area contributed by atoms with Crippen molar-refractivity contribution < 1.29 is 19.5 Å². The van der Waals surface area contributed by atoms with Crippen LogP contribution in [-0.2, 0) is 14.4 Å². The number of hydrogen-bond acceptors (Lipinski definition) is 3. The van der Waals surface area contributed by atoms with Crippen LogP contribution in [0.1, 0.15) is 34.1 Å². The highest BCUT2D eigenvalue weighted by Gasteiger charge is 2.21. The van der Waals surface area contributed by atoms with Crippen LogP contribution in [0.25, 0.3) is 0 Å². The first kappa shape index (κ1) is 15.4. The lowest BCUT2D eigenvalue weighted by Gasteiger charge is -2.17. The fraction of sp³-hybridized carbons (Fsp3) is 0.727. The standard InChI is InChI=1S/C11H20N2O4/c1-7(9(15)16)13-8(14)5-6-12-10(17)11(2,3)4/h7H,5-6H2,1-4H3,(H,12,17)(H,13,14)(H,15,16)/t7-/m1/s1. The molecule has 0 saturated heterocycles. The van der Waals surface area contributed by atoms with Crippen molar-refractivity contribution >= 4 is 17.8 Å². The van der Waals surface area contributed by atoms with Crippen molar-refractivity contribution in [3.05, 3.63) is 0 Å². The molecule has 0 radical (unpaired) electrons. The smallest absolute Gasteiger partial charge is 0.325 e. The van der Waals surface area contributed by atoms with Gasteiger partial charge in [0.2, 0.25) is 11.8 Å². The minimum absolute atomic E-state index is 0.0689. The molecule has 0 unspecified atom stereocenters. The van der Waals surface area contributed by atoms with Crippen molar-refractivity contribution in [2.24, 2.45) is 5.41 Å². The van der Waals surface area contributed by atoms with Gasteiger partial charge in [0.1, 0.15) is 6.04 Å². The minimum Gasteiger partial charge on any atom is -0.480 e. The van der Waals surface area contributed by atoms with Gasteiger partial charge in [0, 0.05) is 18.4 Å². The molecule has 0 aliphatic rings. The molecule has 6 nitrogen and oxygen atoms in total. The van der Waals surface area contributed by atoms with Gasteiger partial charge in [-0.3, -0.25) is 14.4 Å². The second-order valence-electron chi connectivity index (χ2n) is 4.88. The van der Waals surface area contributed by atoms with Gasteiger partial charge in [0.25, 0.3) is 0 Å². The molecule has 2 amide bonds. The Labute approximate surface area is 101 Å². The Kier molecular flexibility index (Phi) is 5.64. The third kappa shape index (κ3) is 6.55. The molecule has 98 valence electrons. The SMILES string of the molecule is C[C@@H](NC(=O)CCNC(=O)C(C)(C)C)C(=O)O. The number of hydrogen-bond donors (Lipinski definition) is 3. The summed E-state index contributed by atoms with van der Waals surface area (Å²) in [4.78, 5) is 33.2. The molecular weight excluding hydrogens is 224 g/mol. The Hall–Kier alpha value is -1.59. The van der Waals surface area contributed by atoms with Crippen LogP contribution in [0.2, 0.25) is 0 Å². The Balaban J connectivity index is 3.87. The third-order valence-corrected chi connectivity index (χ3v) is 2.07. The van der Waals surface area contributed by atoms with Gasteiger partial charge in [-0.25, -0.2) is 0 Å². The summed E-state index contributed by atoms with van der Waals surface area (Å²) >= 11 is 0. The molecule has 3 N–H and O–H groups in total. The van der Waals surface area contributed by atoms with Gasteiger partial charge >= 0.3 is 5.97 Å². The molecule has 0 saturated carbocycles. The zero-order valence-electron chi connectivity index (χ0n) is 10.7. The molecule has 0 heterocycles. The molecular formula is C11H20N2O4. The average Bonchev–Trinajstić information content (AvgIpc) is 2.15. The lowest BCUT2D eigenvalue weighted by molar-refractivity contribution is -0.141. The fourth-order valence-corrected chi connectivity index (χ4v) is 0.930. The van der Waals surface area contributed by atoms with E-state index in [-0.39, 0.29) is 18.9 Å². The topological polar surface area (TPSA) is 95.5 Å². The lowest BCUT2D eigenvalue weighted by Crippen LogP contribution is -2.41. The molecule has 0 aliphatic carbocycles. The maximum Gasteiger partial charge on any atom is 0.325 e. The van der Waals surface area contributed by atoms with Crippen LogP contribution >= 0.6 is 0 Å². The largest absolute Gasteiger partial charge is 0.480 e. The predicted molar refractivity (Wildman–Crippen MR) is 62.3 cm³/mol. The van der Waals surface area contributed by atoms with Crippen molar-refractivity contribution in [3.63, 3.8) is 0 Å². The molecule has 1 atom stereocenters. The molecule has 0 fully saturated rings. The van der Waals surface area contributed by atoms with Gasteiger partial charge in [-0.1, -0.05) is 20.8 Å². The normalized spacial score (nSPS) is 12.7. The molecule has 0 bridgehead atoms. The van der Waals surface area contributed by atoms with Gasteiger partial charge in [-0.15, -0.1) is 0 Å². The maximum atomic E-state index is 11.4. The van der Waals surface area contributed by atoms with E-state index in [1.165, 1.54) is 6.92 Å². The van der Waals surface area contributed by atoms with Gasteiger partial charge < -0.3 is 15.7 Å². The summed E-state index contributed by atoms with van der Waals surface area (Å²) in [6.07, 6.45) is 0.0689. The van der Waals surface area contributed by atoms with Crippen molar-refractivity contribution in [2.75, 3.05) is 6.54 Å². The third-order valence-electron chi connectivity index (χ3n) is 2.07. The van der Waals surface area contributed by atoms with Crippen LogP contribution in [0, 0.1) is 5.41 Å². The predicted octanol–water partition coefficient (Wildman–Crippen LogP) is 0.128. The highest BCUT2D eigenvalue weighted by molar-refractivity contribution is 5.84. The summed E-state index contributed by atoms with van der Waals surface area (Å²) in [7, 11) is 0. The van der Waals surface area contributed by atoms with E-state index in [4.69, 9.17) is 5.11 Å². The second kappa shape index (κ2) is 6.22. The quantitative estimate of drug-likeness (QED) is 0.640. The Morgan fingerprint density at radius 2 is 1.76 bits per heavy atom. The van der Waals surface area contributed by atoms with Crippen LogP contribution in [0.5, 0.6) is 0 Å². The number of aliphatic carboxylic acids is 1. The molecule has 0 rings (SSSR count). The number of amides is 2. The van der Waals surface area contributed by atoms with Crippen molar-refractivity contribution in [1.82, 2.24) is 10.6 Å². The summed E-state index contributed by atoms with van der Waals surface area (Å²) in [6.45, 7) is 6.90. The first-order chi connectivity index (χ1) is 7.64. The van der Waals surface area contributed by atoms with Crippen molar-refractivity contribution in [1.29, 1.82) is 0 Å². The summed E-state index contributed by atoms with van der Waals surface area (Å²) in [5.74, 6) is -1.62. The van der Waals surface area contributed by atoms with E-state index >= 15 is 0 Å². The fourth-order valence-electron chi connectivity index (χ4n) is 0.930. The summed E-state index contributed by atoms with van der Waals surface area (Å²) in [5.41, 5.74) is -0.495. The number of carboxylic acids is 1. The van der Waals surface area contributed by atoms with E-state index in [1.54, 1.807) is 20.8 Å². The highest BCUT2D eigenvalue weighted by Crippen LogP contribution is 2.11. The van der Waals surface area contributed by atoms with E-state index in [0.717, 1.165) is 0 Å². The van der Waals surface area contributed by atoms with Gasteiger partial charge in [0.05, 0.1) is 0 Å². The van der Waals surface area contributed by atoms with Crippen LogP contribution in [0.4, 0.5) is 0 Å². The zero-order valence-corrected chi connectivity index (χ0v) is 10.7. The monoisotopic (exact) mass is 244 g/mol. The Morgan fingerprint density at radius 3 is 2.18 bits per heavy atom. The number of carbonyl (C=O) groups excluding carboxylic acids is 2. The minimum atomic E-state index is -1.09. The molecule has 0 aromatic heterocycles. The molecule has 6 heteroatoms. The molecule has 0 aliphatic heterocycles. The van der Waals surface area contributed by atoms with Gasteiger partial charge in [0.15, 0.2) is 0 Å². The average molecular weight is 244 g/mol. The van der Waals surface area contributed by atoms with E-state index in [2.05, 4.69) is 10.6 Å². The molecule has 0 aromatic rings. The van der Waals surface area contributed by atoms with E-state index in [1.807, 2.05) is 0 Å². The lowest BCUT2D eigenvalue weighted by atomic mass is 9.96. The maximum absolute atomic E-state index is 11.4. The van der Waals surface area contributed by atoms with Gasteiger partial charge in [-0.2, -0.15) is 0 Å². The number of rotatable bonds is 5. The molecule has 0 spiro atoms. The van der Waals surface area contributed by atoms with Gasteiger partial charge in [-0.05, 0) is 6.92 Å². The van der Waals surface area contributed by atoms with Crippen LogP contribution in [0.3, 0.4) is 0 Å². The Bertz CT molecular complexity index is 307. The number of carbonyl (C=O) groups is 3. The van der Waals surface area contributed by atoms with E-state index in [9.17, 15) is 14.4 Å². The Morgan fingerprint density at radius 1 is 1.24 bits per heavy atom. The number of carboxylic acid groups (broad SMARTS) is 1. The van der Waals surface area contributed by atoms with Crippen molar-refractivity contribution in [2.45, 2.75) is 40.2 Å².